The van der Waals surface area contributed by atoms with Gasteiger partial charge in [-0.25, -0.2) is 0 Å². The summed E-state index contributed by atoms with van der Waals surface area (Å²) in [6, 6.07) is 9.74. The molecule has 1 heterocycles. The number of hydrogen-bond acceptors (Lipinski definition) is 2. The summed E-state index contributed by atoms with van der Waals surface area (Å²) < 4.78 is 0.812. The highest BCUT2D eigenvalue weighted by Gasteiger charge is 2.16. The number of nitrogens with one attached hydrogen (secondary N) is 1. The van der Waals surface area contributed by atoms with E-state index >= 15 is 0 Å². The highest BCUT2D eigenvalue weighted by Crippen LogP contribution is 2.31. The summed E-state index contributed by atoms with van der Waals surface area (Å²) in [4.78, 5) is 1.24. The number of halogens is 3. The maximum atomic E-state index is 6.32. The first-order valence-electron chi connectivity index (χ1n) is 6.52. The van der Waals surface area contributed by atoms with E-state index in [-0.39, 0.29) is 6.04 Å². The lowest BCUT2D eigenvalue weighted by Crippen LogP contribution is -2.24. The molecular formula is C15H16Cl3NS. The quantitative estimate of drug-likeness (QED) is 0.676. The molecule has 20 heavy (non-hydrogen) atoms. The molecule has 0 saturated carbocycles. The van der Waals surface area contributed by atoms with E-state index in [0.717, 1.165) is 34.3 Å². The Kier molecular flexibility index (Phi) is 6.19. The minimum atomic E-state index is 0.149. The summed E-state index contributed by atoms with van der Waals surface area (Å²) in [7, 11) is 0. The van der Waals surface area contributed by atoms with Crippen LogP contribution in [-0.2, 0) is 6.42 Å². The van der Waals surface area contributed by atoms with Crippen LogP contribution in [0.2, 0.25) is 14.4 Å². The maximum absolute atomic E-state index is 6.32. The molecule has 0 fully saturated rings. The van der Waals surface area contributed by atoms with Crippen LogP contribution in [0.25, 0.3) is 0 Å². The summed E-state index contributed by atoms with van der Waals surface area (Å²) in [5, 5.41) is 4.98. The van der Waals surface area contributed by atoms with Crippen LogP contribution in [0.15, 0.2) is 30.3 Å². The van der Waals surface area contributed by atoms with E-state index in [1.54, 1.807) is 11.3 Å². The monoisotopic (exact) mass is 347 g/mol. The smallest absolute Gasteiger partial charge is 0.0931 e. The van der Waals surface area contributed by atoms with E-state index in [0.29, 0.717) is 5.02 Å². The SMILES string of the molecule is CCCNC(Cc1ccc(Cl)s1)c1cc(Cl)ccc1Cl. The first-order chi connectivity index (χ1) is 9.60. The Bertz CT molecular complexity index is 568. The van der Waals surface area contributed by atoms with E-state index in [1.165, 1.54) is 4.88 Å². The Hall–Kier alpha value is -0.250. The van der Waals surface area contributed by atoms with Crippen molar-refractivity contribution in [1.82, 2.24) is 5.32 Å². The molecule has 108 valence electrons. The highest BCUT2D eigenvalue weighted by molar-refractivity contribution is 7.16. The van der Waals surface area contributed by atoms with Crippen molar-refractivity contribution in [3.8, 4) is 0 Å². The molecule has 0 radical (unpaired) electrons. The van der Waals surface area contributed by atoms with Gasteiger partial charge >= 0.3 is 0 Å². The predicted octanol–water partition coefficient (Wildman–Crippen LogP) is 5.99. The van der Waals surface area contributed by atoms with Gasteiger partial charge in [0.25, 0.3) is 0 Å². The predicted molar refractivity (Wildman–Crippen MR) is 90.5 cm³/mol. The van der Waals surface area contributed by atoms with Gasteiger partial charge in [0.05, 0.1) is 4.34 Å². The molecule has 0 spiro atoms. The Labute approximate surface area is 138 Å². The summed E-state index contributed by atoms with van der Waals surface area (Å²) in [5.74, 6) is 0. The molecule has 1 unspecified atom stereocenters. The average molecular weight is 349 g/mol. The normalized spacial score (nSPS) is 12.6. The lowest BCUT2D eigenvalue weighted by Gasteiger charge is -2.20. The van der Waals surface area contributed by atoms with Gasteiger partial charge in [0.1, 0.15) is 0 Å². The first kappa shape index (κ1) is 16.1. The zero-order valence-corrected chi connectivity index (χ0v) is 14.2. The molecule has 0 bridgehead atoms. The van der Waals surface area contributed by atoms with E-state index in [4.69, 9.17) is 34.8 Å². The Morgan fingerprint density at radius 2 is 1.95 bits per heavy atom. The standard InChI is InChI=1S/C15H16Cl3NS/c1-2-7-19-14(9-11-4-6-15(18)20-11)12-8-10(16)3-5-13(12)17/h3-6,8,14,19H,2,7,9H2,1H3. The number of benzene rings is 1. The molecule has 2 rings (SSSR count). The zero-order chi connectivity index (χ0) is 14.5. The van der Waals surface area contributed by atoms with Crippen molar-refractivity contribution in [2.45, 2.75) is 25.8 Å². The topological polar surface area (TPSA) is 12.0 Å². The molecule has 1 aromatic heterocycles. The van der Waals surface area contributed by atoms with Gasteiger partial charge in [-0.2, -0.15) is 0 Å². The van der Waals surface area contributed by atoms with Crippen LogP contribution >= 0.6 is 46.1 Å². The van der Waals surface area contributed by atoms with Gasteiger partial charge in [-0.05, 0) is 48.9 Å². The summed E-state index contributed by atoms with van der Waals surface area (Å²) in [5.41, 5.74) is 1.04. The Balaban J connectivity index is 2.24. The lowest BCUT2D eigenvalue weighted by molar-refractivity contribution is 0.532. The van der Waals surface area contributed by atoms with Gasteiger partial charge in [0.15, 0.2) is 0 Å². The van der Waals surface area contributed by atoms with Crippen molar-refractivity contribution >= 4 is 46.1 Å². The van der Waals surface area contributed by atoms with Crippen molar-refractivity contribution in [3.63, 3.8) is 0 Å². The summed E-state index contributed by atoms with van der Waals surface area (Å²) >= 11 is 20.0. The molecule has 1 atom stereocenters. The van der Waals surface area contributed by atoms with Crippen LogP contribution in [0.5, 0.6) is 0 Å². The van der Waals surface area contributed by atoms with Crippen molar-refractivity contribution in [2.75, 3.05) is 6.54 Å². The molecule has 1 nitrogen and oxygen atoms in total. The number of hydrogen-bond donors (Lipinski definition) is 1. The Morgan fingerprint density at radius 1 is 1.15 bits per heavy atom. The fraction of sp³-hybridized carbons (Fsp3) is 0.333. The third kappa shape index (κ3) is 4.37. The van der Waals surface area contributed by atoms with Gasteiger partial charge < -0.3 is 5.32 Å². The second kappa shape index (κ2) is 7.67. The molecule has 0 amide bonds. The summed E-state index contributed by atoms with van der Waals surface area (Å²) in [6.45, 7) is 3.08. The van der Waals surface area contributed by atoms with Crippen LogP contribution in [0.1, 0.15) is 29.8 Å². The third-order valence-electron chi connectivity index (χ3n) is 3.01. The van der Waals surface area contributed by atoms with E-state index in [9.17, 15) is 0 Å². The fourth-order valence-corrected chi connectivity index (χ4v) is 3.62. The van der Waals surface area contributed by atoms with Crippen molar-refractivity contribution in [3.05, 3.63) is 55.2 Å². The van der Waals surface area contributed by atoms with Crippen molar-refractivity contribution in [1.29, 1.82) is 0 Å². The molecule has 0 saturated heterocycles. The second-order valence-corrected chi connectivity index (χ2v) is 7.23. The third-order valence-corrected chi connectivity index (χ3v) is 4.84. The van der Waals surface area contributed by atoms with E-state index in [1.807, 2.05) is 24.3 Å². The molecule has 1 aromatic carbocycles. The zero-order valence-electron chi connectivity index (χ0n) is 11.1. The number of rotatable bonds is 6. The average Bonchev–Trinajstić information content (AvgIpc) is 2.83. The number of thiophene rings is 1. The van der Waals surface area contributed by atoms with Crippen LogP contribution in [-0.4, -0.2) is 6.54 Å². The minimum Gasteiger partial charge on any atom is -0.310 e. The Morgan fingerprint density at radius 3 is 2.60 bits per heavy atom. The maximum Gasteiger partial charge on any atom is 0.0931 e. The van der Waals surface area contributed by atoms with Crippen molar-refractivity contribution in [2.24, 2.45) is 0 Å². The molecule has 5 heteroatoms. The first-order valence-corrected chi connectivity index (χ1v) is 8.47. The molecule has 0 aliphatic heterocycles. The second-order valence-electron chi connectivity index (χ2n) is 4.58. The van der Waals surface area contributed by atoms with Gasteiger partial charge in [-0.15, -0.1) is 11.3 Å². The molecular weight excluding hydrogens is 333 g/mol. The van der Waals surface area contributed by atoms with Gasteiger partial charge in [-0.3, -0.25) is 0 Å². The van der Waals surface area contributed by atoms with Crippen LogP contribution in [0, 0.1) is 0 Å². The van der Waals surface area contributed by atoms with Gasteiger partial charge in [0.2, 0.25) is 0 Å². The summed E-state index contributed by atoms with van der Waals surface area (Å²) in [6.07, 6.45) is 1.93. The van der Waals surface area contributed by atoms with Crippen molar-refractivity contribution < 1.29 is 0 Å². The highest BCUT2D eigenvalue weighted by atomic mass is 35.5. The molecule has 0 aliphatic carbocycles. The van der Waals surface area contributed by atoms with Gasteiger partial charge in [0, 0.05) is 27.4 Å². The van der Waals surface area contributed by atoms with Gasteiger partial charge in [-0.1, -0.05) is 41.7 Å². The molecule has 2 aromatic rings. The van der Waals surface area contributed by atoms with E-state index < -0.39 is 0 Å². The largest absolute Gasteiger partial charge is 0.310 e. The lowest BCUT2D eigenvalue weighted by atomic mass is 10.0. The van der Waals surface area contributed by atoms with Crippen LogP contribution in [0.4, 0.5) is 0 Å². The molecule has 0 aliphatic rings. The molecule has 1 N–H and O–H groups in total. The van der Waals surface area contributed by atoms with Crippen LogP contribution in [0.3, 0.4) is 0 Å². The van der Waals surface area contributed by atoms with E-state index in [2.05, 4.69) is 18.3 Å². The minimum absolute atomic E-state index is 0.149. The fourth-order valence-electron chi connectivity index (χ4n) is 2.05. The van der Waals surface area contributed by atoms with Crippen LogP contribution < -0.4 is 5.32 Å².